The lowest BCUT2D eigenvalue weighted by Gasteiger charge is -2.38. The van der Waals surface area contributed by atoms with E-state index < -0.39 is 71.8 Å². The molecule has 3 heterocycles. The zero-order valence-corrected chi connectivity index (χ0v) is 45.1. The Morgan fingerprint density at radius 1 is 0.782 bits per heavy atom. The average Bonchev–Trinajstić information content (AvgIpc) is 4.03. The largest absolute Gasteiger partial charge is 0.508 e. The number of carbonyl (C=O) groups excluding carboxylic acids is 7. The number of unbranched alkanes of at least 4 members (excludes halogenated alkanes) is 2. The number of likely N-dealkylation sites (N-methyl/N-ethyl adjacent to an activating group) is 1. The van der Waals surface area contributed by atoms with Gasteiger partial charge < -0.3 is 69.0 Å². The van der Waals surface area contributed by atoms with Crippen molar-refractivity contribution in [1.29, 1.82) is 0 Å². The molecule has 4 aromatic rings. The van der Waals surface area contributed by atoms with Gasteiger partial charge in [0.1, 0.15) is 42.5 Å². The summed E-state index contributed by atoms with van der Waals surface area (Å²) in [7, 11) is 1.42. The molecule has 25 heteroatoms. The molecule has 5 rings (SSSR count). The van der Waals surface area contributed by atoms with Crippen LogP contribution in [0.3, 0.4) is 0 Å². The number of aromatic hydroxyl groups is 1. The minimum atomic E-state index is -1.27. The molecule has 6 atom stereocenters. The molecule has 0 spiro atoms. The fraction of sp³-hybridized carbons (Fsp3) is 0.528. The molecule has 1 aliphatic rings. The van der Waals surface area contributed by atoms with E-state index in [4.69, 9.17) is 17.2 Å². The van der Waals surface area contributed by atoms with E-state index in [0.29, 0.717) is 93.7 Å². The topological polar surface area (TPSA) is 372 Å². The van der Waals surface area contributed by atoms with Gasteiger partial charge in [0.05, 0.1) is 23.6 Å². The number of amides is 7. The smallest absolute Gasteiger partial charge is 0.261 e. The summed E-state index contributed by atoms with van der Waals surface area (Å²) < 4.78 is 1.12. The fourth-order valence-electron chi connectivity index (χ4n) is 8.95. The maximum absolute atomic E-state index is 14.2. The molecule has 2 aromatic carbocycles. The number of fused-ring (bicyclic) bond motifs is 1. The van der Waals surface area contributed by atoms with Gasteiger partial charge in [-0.2, -0.15) is 0 Å². The van der Waals surface area contributed by atoms with Crippen molar-refractivity contribution < 1.29 is 38.7 Å². The number of aliphatic imine (C=N–C) groups is 1. The highest BCUT2D eigenvalue weighted by molar-refractivity contribution is 5.95. The Morgan fingerprint density at radius 3 is 2.10 bits per heavy atom. The number of piperazine rings is 1. The maximum Gasteiger partial charge on any atom is 0.261 e. The number of nitrogens with zero attached hydrogens (tertiary/aromatic N) is 6. The molecule has 1 aliphatic heterocycles. The molecule has 78 heavy (non-hydrogen) atoms. The fourth-order valence-corrected chi connectivity index (χ4v) is 8.95. The first-order valence-corrected chi connectivity index (χ1v) is 26.7. The molecule has 2 aromatic heterocycles. The summed E-state index contributed by atoms with van der Waals surface area (Å²) in [4.78, 5) is 129. The van der Waals surface area contributed by atoms with Crippen LogP contribution in [0.15, 0.2) is 71.1 Å². The van der Waals surface area contributed by atoms with Crippen LogP contribution in [-0.4, -0.2) is 153 Å². The van der Waals surface area contributed by atoms with Crippen LogP contribution in [0.4, 0.5) is 5.69 Å². The summed E-state index contributed by atoms with van der Waals surface area (Å²) in [6, 6.07) is 6.14. The lowest BCUT2D eigenvalue weighted by molar-refractivity contribution is -0.138. The molecule has 25 nitrogen and oxygen atoms in total. The molecule has 424 valence electrons. The van der Waals surface area contributed by atoms with Crippen LogP contribution in [0.25, 0.3) is 10.9 Å². The number of phenols is 1. The van der Waals surface area contributed by atoms with Crippen LogP contribution in [0.2, 0.25) is 0 Å². The number of aromatic amines is 1. The summed E-state index contributed by atoms with van der Waals surface area (Å²) >= 11 is 0. The standard InChI is InChI=1S/C53H78N16O9/c1-5-7-13-44(71)66-46(33(3)6-2)50(76)63-41(11-8-9-20-54)52(78)68-24-22-67(23-25-68)36-16-19-39-38(28-36)51(77)69(32-61-39)30-45(72)62-40(12-10-21-59-53(55)56)48(74)65-43(27-35-29-58-31-60-35)49(75)64-42(47(73)57-4)26-34-14-17-37(70)18-15-34/h14-19,28-29,31-33,40-43,46,70H,5-13,20-27,30,54H2,1-4H3,(H,57,73)(H,58,60)(H,62,72)(H,63,76)(H,64,75)(H,65,74)(H,66,71)(H4,55,56,59)/t33-,40-,41-,42-,43-,46-/m0/s1. The highest BCUT2D eigenvalue weighted by atomic mass is 16.3. The maximum atomic E-state index is 14.2. The summed E-state index contributed by atoms with van der Waals surface area (Å²) in [6.07, 6.45) is 8.53. The van der Waals surface area contributed by atoms with Gasteiger partial charge in [0, 0.05) is 76.6 Å². The minimum Gasteiger partial charge on any atom is -0.508 e. The zero-order valence-electron chi connectivity index (χ0n) is 45.1. The summed E-state index contributed by atoms with van der Waals surface area (Å²) in [5.41, 5.74) is 18.5. The number of nitrogens with one attached hydrogen (secondary N) is 7. The van der Waals surface area contributed by atoms with Crippen molar-refractivity contribution in [2.45, 2.75) is 128 Å². The Morgan fingerprint density at radius 2 is 1.46 bits per heavy atom. The van der Waals surface area contributed by atoms with E-state index in [9.17, 15) is 43.5 Å². The number of nitrogens with two attached hydrogens (primary N) is 3. The van der Waals surface area contributed by atoms with Crippen molar-refractivity contribution >= 4 is 63.9 Å². The van der Waals surface area contributed by atoms with Crippen LogP contribution in [0.1, 0.15) is 89.8 Å². The quantitative estimate of drug-likeness (QED) is 0.0179. The molecule has 0 saturated carbocycles. The van der Waals surface area contributed by atoms with Crippen molar-refractivity contribution in [2.24, 2.45) is 28.1 Å². The lowest BCUT2D eigenvalue weighted by Crippen LogP contribution is -2.58. The number of H-pyrrole nitrogens is 1. The highest BCUT2D eigenvalue weighted by Crippen LogP contribution is 2.22. The Bertz CT molecular complexity index is 2720. The molecular formula is C53H78N16O9. The first-order valence-electron chi connectivity index (χ1n) is 26.7. The number of rotatable bonds is 30. The average molecular weight is 1080 g/mol. The molecule has 14 N–H and O–H groups in total. The number of aromatic nitrogens is 4. The second-order valence-electron chi connectivity index (χ2n) is 19.5. The van der Waals surface area contributed by atoms with Gasteiger partial charge >= 0.3 is 0 Å². The van der Waals surface area contributed by atoms with Gasteiger partial charge in [0.15, 0.2) is 5.96 Å². The second-order valence-corrected chi connectivity index (χ2v) is 19.5. The molecule has 0 bridgehead atoms. The van der Waals surface area contributed by atoms with E-state index in [1.165, 1.54) is 38.0 Å². The zero-order chi connectivity index (χ0) is 56.7. The first-order chi connectivity index (χ1) is 37.4. The predicted octanol–water partition coefficient (Wildman–Crippen LogP) is -0.452. The van der Waals surface area contributed by atoms with Crippen LogP contribution in [-0.2, 0) is 52.9 Å². The summed E-state index contributed by atoms with van der Waals surface area (Å²) in [6.45, 7) is 7.32. The van der Waals surface area contributed by atoms with E-state index in [0.717, 1.165) is 11.0 Å². The Labute approximate surface area is 453 Å². The molecule has 1 fully saturated rings. The monoisotopic (exact) mass is 1080 g/mol. The van der Waals surface area contributed by atoms with Crippen LogP contribution >= 0.6 is 0 Å². The molecule has 0 radical (unpaired) electrons. The number of phenolic OH excluding ortho intramolecular Hbond substituents is 1. The van der Waals surface area contributed by atoms with Gasteiger partial charge in [0.25, 0.3) is 5.56 Å². The highest BCUT2D eigenvalue weighted by Gasteiger charge is 2.34. The van der Waals surface area contributed by atoms with Gasteiger partial charge in [-0.25, -0.2) is 9.97 Å². The third-order valence-electron chi connectivity index (χ3n) is 13.7. The van der Waals surface area contributed by atoms with Crippen molar-refractivity contribution in [3.05, 3.63) is 82.9 Å². The van der Waals surface area contributed by atoms with E-state index in [2.05, 4.69) is 51.8 Å². The van der Waals surface area contributed by atoms with Crippen LogP contribution in [0, 0.1) is 5.92 Å². The Balaban J connectivity index is 1.28. The van der Waals surface area contributed by atoms with E-state index >= 15 is 0 Å². The number of benzene rings is 2. The minimum absolute atomic E-state index is 0.0165. The number of imidazole rings is 1. The third-order valence-corrected chi connectivity index (χ3v) is 13.7. The second kappa shape index (κ2) is 30.6. The predicted molar refractivity (Wildman–Crippen MR) is 294 cm³/mol. The number of anilines is 1. The van der Waals surface area contributed by atoms with E-state index in [-0.39, 0.29) is 67.1 Å². The van der Waals surface area contributed by atoms with E-state index in [1.54, 1.807) is 29.2 Å². The third kappa shape index (κ3) is 18.3. The van der Waals surface area contributed by atoms with Gasteiger partial charge in [-0.3, -0.25) is 47.9 Å². The van der Waals surface area contributed by atoms with Crippen molar-refractivity contribution in [3.63, 3.8) is 0 Å². The van der Waals surface area contributed by atoms with Gasteiger partial charge in [-0.05, 0) is 86.9 Å². The van der Waals surface area contributed by atoms with Crippen molar-refractivity contribution in [3.8, 4) is 5.75 Å². The number of carbonyl (C=O) groups is 7. The molecule has 0 unspecified atom stereocenters. The van der Waals surface area contributed by atoms with Gasteiger partial charge in [0.2, 0.25) is 41.4 Å². The molecular weight excluding hydrogens is 1000 g/mol. The SMILES string of the molecule is CCCCC(=O)N[C@H](C(=O)N[C@@H](CCCCN)C(=O)N1CCN(c2ccc3ncn(CC(=O)N[C@@H](CCCN=C(N)N)C(=O)N[C@@H](Cc4cnc[nH]4)C(=O)N[C@@H](Cc4ccc(O)cc4)C(=O)NC)c(=O)c3c2)CC1)[C@@H](C)CC. The van der Waals surface area contributed by atoms with Crippen molar-refractivity contribution in [2.75, 3.05) is 51.2 Å². The number of hydrogen-bond donors (Lipinski definition) is 11. The molecule has 7 amide bonds. The van der Waals surface area contributed by atoms with Gasteiger partial charge in [-0.15, -0.1) is 0 Å². The van der Waals surface area contributed by atoms with Crippen molar-refractivity contribution in [1.82, 2.24) is 56.3 Å². The summed E-state index contributed by atoms with van der Waals surface area (Å²) in [5.74, 6) is -3.82. The Hall–Kier alpha value is -8.09. The molecule has 0 aliphatic carbocycles. The number of guanidine groups is 1. The Kier molecular flexibility index (Phi) is 23.8. The number of hydrogen-bond acceptors (Lipinski definition) is 14. The van der Waals surface area contributed by atoms with E-state index in [1.807, 2.05) is 31.7 Å². The normalized spacial score (nSPS) is 14.7. The molecule has 1 saturated heterocycles. The summed E-state index contributed by atoms with van der Waals surface area (Å²) in [5, 5.41) is 26.5. The van der Waals surface area contributed by atoms with Crippen LogP contribution in [0.5, 0.6) is 5.75 Å². The van der Waals surface area contributed by atoms with Crippen LogP contribution < -0.4 is 59.6 Å². The first kappa shape index (κ1) is 60.8. The van der Waals surface area contributed by atoms with Gasteiger partial charge in [-0.1, -0.05) is 45.7 Å². The lowest BCUT2D eigenvalue weighted by atomic mass is 9.97.